The van der Waals surface area contributed by atoms with Crippen LogP contribution in [0.3, 0.4) is 0 Å². The van der Waals surface area contributed by atoms with Gasteiger partial charge in [-0.1, -0.05) is 30.0 Å². The Bertz CT molecular complexity index is 846. The summed E-state index contributed by atoms with van der Waals surface area (Å²) in [6.45, 7) is 8.03. The van der Waals surface area contributed by atoms with E-state index in [1.165, 1.54) is 39.8 Å². The number of aromatic nitrogens is 1. The van der Waals surface area contributed by atoms with Gasteiger partial charge in [-0.3, -0.25) is 15.5 Å². The predicted octanol–water partition coefficient (Wildman–Crippen LogP) is 2.04. The Labute approximate surface area is 185 Å². The van der Waals surface area contributed by atoms with Gasteiger partial charge >= 0.3 is 0 Å². The molecular weight excluding hydrogens is 422 g/mol. The number of nitrogens with two attached hydrogens (primary N) is 1. The number of hydrogen-bond donors (Lipinski definition) is 2. The van der Waals surface area contributed by atoms with E-state index < -0.39 is 0 Å². The SMILES string of the molecule is Cc1ccc(CN2CCOC(CNC(=O)CSc3nc(CN(N)[O-])cs3)C2)cc1C. The molecule has 10 heteroatoms. The summed E-state index contributed by atoms with van der Waals surface area (Å²) in [4.78, 5) is 18.8. The number of hydroxylamine groups is 1. The normalized spacial score (nSPS) is 17.4. The third kappa shape index (κ3) is 7.31. The van der Waals surface area contributed by atoms with Crippen LogP contribution in [0.2, 0.25) is 0 Å². The van der Waals surface area contributed by atoms with Crippen molar-refractivity contribution >= 4 is 29.0 Å². The van der Waals surface area contributed by atoms with E-state index >= 15 is 0 Å². The van der Waals surface area contributed by atoms with Gasteiger partial charge in [0, 0.05) is 38.1 Å². The molecule has 164 valence electrons. The summed E-state index contributed by atoms with van der Waals surface area (Å²) in [5.74, 6) is 5.30. The van der Waals surface area contributed by atoms with E-state index in [0.717, 1.165) is 24.0 Å². The molecule has 3 N–H and O–H groups in total. The number of thioether (sulfide) groups is 1. The number of rotatable bonds is 9. The molecule has 1 aromatic carbocycles. The van der Waals surface area contributed by atoms with Crippen molar-refractivity contribution in [3.8, 4) is 0 Å². The Morgan fingerprint density at radius 3 is 3.07 bits per heavy atom. The Kier molecular flexibility index (Phi) is 8.63. The van der Waals surface area contributed by atoms with Crippen molar-refractivity contribution in [3.63, 3.8) is 0 Å². The highest BCUT2D eigenvalue weighted by Crippen LogP contribution is 2.22. The van der Waals surface area contributed by atoms with Gasteiger partial charge < -0.3 is 20.4 Å². The van der Waals surface area contributed by atoms with Gasteiger partial charge in [-0.15, -0.1) is 11.3 Å². The van der Waals surface area contributed by atoms with Gasteiger partial charge in [0.15, 0.2) is 4.34 Å². The topological polar surface area (TPSA) is 107 Å². The summed E-state index contributed by atoms with van der Waals surface area (Å²) in [6.07, 6.45) is -0.0155. The van der Waals surface area contributed by atoms with Crippen LogP contribution in [0.15, 0.2) is 27.9 Å². The van der Waals surface area contributed by atoms with Crippen molar-refractivity contribution in [3.05, 3.63) is 51.2 Å². The highest BCUT2D eigenvalue weighted by atomic mass is 32.2. The third-order valence-corrected chi connectivity index (χ3v) is 6.97. The fourth-order valence-electron chi connectivity index (χ4n) is 3.20. The molecule has 1 unspecified atom stereocenters. The summed E-state index contributed by atoms with van der Waals surface area (Å²) < 4.78 is 6.57. The van der Waals surface area contributed by atoms with E-state index in [0.29, 0.717) is 24.0 Å². The first-order valence-electron chi connectivity index (χ1n) is 9.82. The third-order valence-electron chi connectivity index (χ3n) is 4.90. The van der Waals surface area contributed by atoms with Gasteiger partial charge in [-0.25, -0.2) is 4.98 Å². The Balaban J connectivity index is 1.38. The van der Waals surface area contributed by atoms with E-state index in [1.54, 1.807) is 5.38 Å². The highest BCUT2D eigenvalue weighted by Gasteiger charge is 2.21. The lowest BCUT2D eigenvalue weighted by Crippen LogP contribution is -2.47. The second-order valence-corrected chi connectivity index (χ2v) is 9.50. The quantitative estimate of drug-likeness (QED) is 0.340. The van der Waals surface area contributed by atoms with Crippen LogP contribution in [0.25, 0.3) is 0 Å². The lowest BCUT2D eigenvalue weighted by molar-refractivity contribution is -0.119. The minimum Gasteiger partial charge on any atom is -0.772 e. The Hall–Kier alpha value is -1.53. The smallest absolute Gasteiger partial charge is 0.230 e. The van der Waals surface area contributed by atoms with Crippen molar-refractivity contribution in [2.24, 2.45) is 5.84 Å². The molecular formula is C20H28N5O3S2-. The number of carbonyl (C=O) groups excluding carboxylic acids is 1. The van der Waals surface area contributed by atoms with Gasteiger partial charge in [0.25, 0.3) is 0 Å². The van der Waals surface area contributed by atoms with E-state index in [1.807, 2.05) is 0 Å². The number of ether oxygens (including phenoxy) is 1. The van der Waals surface area contributed by atoms with Crippen LogP contribution in [-0.2, 0) is 22.6 Å². The molecule has 0 radical (unpaired) electrons. The molecule has 1 aliphatic rings. The number of nitrogens with zero attached hydrogens (tertiary/aromatic N) is 3. The number of hydrazine groups is 1. The van der Waals surface area contributed by atoms with E-state index in [-0.39, 0.29) is 24.3 Å². The van der Waals surface area contributed by atoms with Gasteiger partial charge in [0.1, 0.15) is 0 Å². The molecule has 0 bridgehead atoms. The zero-order valence-electron chi connectivity index (χ0n) is 17.3. The molecule has 1 aromatic heterocycles. The summed E-state index contributed by atoms with van der Waals surface area (Å²) in [5, 5.41) is 15.9. The van der Waals surface area contributed by atoms with Crippen molar-refractivity contribution in [2.45, 2.75) is 37.4 Å². The molecule has 2 heterocycles. The summed E-state index contributed by atoms with van der Waals surface area (Å²) in [7, 11) is 0. The van der Waals surface area contributed by atoms with Crippen molar-refractivity contribution in [2.75, 3.05) is 32.0 Å². The summed E-state index contributed by atoms with van der Waals surface area (Å²) in [5.41, 5.74) is 4.53. The second-order valence-electron chi connectivity index (χ2n) is 7.42. The maximum atomic E-state index is 12.2. The fourth-order valence-corrected chi connectivity index (χ4v) is 4.87. The Morgan fingerprint density at radius 1 is 1.47 bits per heavy atom. The lowest BCUT2D eigenvalue weighted by atomic mass is 10.1. The number of carbonyl (C=O) groups is 1. The summed E-state index contributed by atoms with van der Waals surface area (Å²) >= 11 is 2.75. The second kappa shape index (κ2) is 11.2. The molecule has 1 saturated heterocycles. The maximum absolute atomic E-state index is 12.2. The number of benzene rings is 1. The van der Waals surface area contributed by atoms with Crippen molar-refractivity contribution < 1.29 is 9.53 Å². The Morgan fingerprint density at radius 2 is 2.30 bits per heavy atom. The van der Waals surface area contributed by atoms with Gasteiger partial charge in [-0.2, -0.15) is 0 Å². The summed E-state index contributed by atoms with van der Waals surface area (Å²) in [6, 6.07) is 6.58. The van der Waals surface area contributed by atoms with Crippen LogP contribution in [0.4, 0.5) is 0 Å². The van der Waals surface area contributed by atoms with Crippen LogP contribution >= 0.6 is 23.1 Å². The molecule has 1 aliphatic heterocycles. The molecule has 1 amide bonds. The first-order valence-corrected chi connectivity index (χ1v) is 11.7. The van der Waals surface area contributed by atoms with Crippen LogP contribution in [0, 0.1) is 19.1 Å². The van der Waals surface area contributed by atoms with E-state index in [2.05, 4.69) is 47.2 Å². The zero-order valence-corrected chi connectivity index (χ0v) is 18.9. The minimum atomic E-state index is -0.0593. The molecule has 8 nitrogen and oxygen atoms in total. The number of hydrogen-bond acceptors (Lipinski definition) is 9. The van der Waals surface area contributed by atoms with Crippen LogP contribution < -0.4 is 11.2 Å². The zero-order chi connectivity index (χ0) is 21.5. The number of nitrogens with one attached hydrogen (secondary N) is 1. The first kappa shape index (κ1) is 23.1. The standard InChI is InChI=1S/C20H28N5O3S2/c1-14-3-4-16(7-15(14)2)9-24-5-6-28-18(11-24)8-22-19(26)13-30-20-23-17(12-29-20)10-25(21)27/h3-4,7,12,18H,5-6,8-11,13,21H2,1-2H3,(H,22,26)/q-1. The van der Waals surface area contributed by atoms with Crippen molar-refractivity contribution in [1.29, 1.82) is 0 Å². The van der Waals surface area contributed by atoms with Gasteiger partial charge in [0.2, 0.25) is 5.91 Å². The molecule has 1 fully saturated rings. The van der Waals surface area contributed by atoms with Gasteiger partial charge in [0.05, 0.1) is 24.2 Å². The predicted molar refractivity (Wildman–Crippen MR) is 120 cm³/mol. The lowest BCUT2D eigenvalue weighted by Gasteiger charge is -2.33. The van der Waals surface area contributed by atoms with E-state index in [4.69, 9.17) is 10.6 Å². The number of aryl methyl sites for hydroxylation is 2. The fraction of sp³-hybridized carbons (Fsp3) is 0.500. The van der Waals surface area contributed by atoms with Crippen LogP contribution in [-0.4, -0.2) is 59.1 Å². The molecule has 0 saturated carbocycles. The molecule has 1 atom stereocenters. The van der Waals surface area contributed by atoms with Crippen LogP contribution in [0.1, 0.15) is 22.4 Å². The maximum Gasteiger partial charge on any atom is 0.230 e. The molecule has 30 heavy (non-hydrogen) atoms. The average molecular weight is 451 g/mol. The first-order chi connectivity index (χ1) is 14.4. The molecule has 3 rings (SSSR count). The minimum absolute atomic E-state index is 0.0155. The number of morpholine rings is 1. The monoisotopic (exact) mass is 450 g/mol. The molecule has 2 aromatic rings. The van der Waals surface area contributed by atoms with E-state index in [9.17, 15) is 10.0 Å². The van der Waals surface area contributed by atoms with Crippen LogP contribution in [0.5, 0.6) is 0 Å². The van der Waals surface area contributed by atoms with Crippen molar-refractivity contribution in [1.82, 2.24) is 20.4 Å². The number of thiazole rings is 1. The molecule has 0 aliphatic carbocycles. The number of amides is 1. The average Bonchev–Trinajstić information content (AvgIpc) is 3.14. The largest absolute Gasteiger partial charge is 0.772 e. The highest BCUT2D eigenvalue weighted by molar-refractivity contribution is 8.01. The molecule has 0 spiro atoms. The van der Waals surface area contributed by atoms with Gasteiger partial charge in [-0.05, 0) is 30.5 Å².